The van der Waals surface area contributed by atoms with Gasteiger partial charge in [0.15, 0.2) is 5.13 Å². The van der Waals surface area contributed by atoms with Gasteiger partial charge >= 0.3 is 5.97 Å². The molecule has 2 aromatic carbocycles. The summed E-state index contributed by atoms with van der Waals surface area (Å²) in [5.41, 5.74) is 2.84. The molecule has 0 fully saturated rings. The number of carboxylic acid groups (broad SMARTS) is 1. The van der Waals surface area contributed by atoms with Crippen molar-refractivity contribution >= 4 is 32.5 Å². The Hall–Kier alpha value is -2.71. The maximum absolute atomic E-state index is 12.5. The van der Waals surface area contributed by atoms with Crippen molar-refractivity contribution in [2.24, 2.45) is 0 Å². The fraction of sp³-hybridized carbons (Fsp3) is 0.158. The Morgan fingerprint density at radius 1 is 1.07 bits per heavy atom. The number of thiazole rings is 1. The fourth-order valence-corrected chi connectivity index (χ4v) is 4.41. The van der Waals surface area contributed by atoms with Gasteiger partial charge in [0.2, 0.25) is 0 Å². The number of rotatable bonds is 6. The quantitative estimate of drug-likeness (QED) is 0.636. The molecule has 0 bridgehead atoms. The topological polar surface area (TPSA) is 96.4 Å². The van der Waals surface area contributed by atoms with Gasteiger partial charge in [-0.05, 0) is 35.7 Å². The molecule has 1 aromatic heterocycles. The third kappa shape index (κ3) is 4.35. The van der Waals surface area contributed by atoms with Crippen LogP contribution in [0, 0.1) is 0 Å². The van der Waals surface area contributed by atoms with Crippen molar-refractivity contribution < 1.29 is 18.3 Å². The molecule has 8 heteroatoms. The van der Waals surface area contributed by atoms with Gasteiger partial charge in [0.25, 0.3) is 10.0 Å². The highest BCUT2D eigenvalue weighted by Crippen LogP contribution is 2.28. The van der Waals surface area contributed by atoms with Crippen molar-refractivity contribution in [3.05, 3.63) is 65.0 Å². The maximum atomic E-state index is 12.5. The molecule has 0 aliphatic carbocycles. The number of benzene rings is 2. The first-order valence-electron chi connectivity index (χ1n) is 8.18. The molecule has 0 unspecified atom stereocenters. The van der Waals surface area contributed by atoms with Crippen LogP contribution in [0.4, 0.5) is 5.13 Å². The highest BCUT2D eigenvalue weighted by Gasteiger charge is 2.17. The predicted molar refractivity (Wildman–Crippen MR) is 106 cm³/mol. The van der Waals surface area contributed by atoms with E-state index in [0.29, 0.717) is 11.6 Å². The van der Waals surface area contributed by atoms with Gasteiger partial charge in [0.05, 0.1) is 16.2 Å². The van der Waals surface area contributed by atoms with Crippen LogP contribution in [0.1, 0.15) is 35.7 Å². The number of aromatic nitrogens is 1. The van der Waals surface area contributed by atoms with Crippen molar-refractivity contribution in [3.63, 3.8) is 0 Å². The first-order valence-corrected chi connectivity index (χ1v) is 10.5. The van der Waals surface area contributed by atoms with Gasteiger partial charge in [-0.15, -0.1) is 11.3 Å². The Bertz CT molecular complexity index is 1050. The average Bonchev–Trinajstić information content (AvgIpc) is 3.09. The summed E-state index contributed by atoms with van der Waals surface area (Å²) in [6.07, 6.45) is 0. The largest absolute Gasteiger partial charge is 0.478 e. The van der Waals surface area contributed by atoms with E-state index < -0.39 is 16.0 Å². The zero-order valence-corrected chi connectivity index (χ0v) is 16.3. The highest BCUT2D eigenvalue weighted by atomic mass is 32.2. The number of carboxylic acids is 1. The Labute approximate surface area is 161 Å². The van der Waals surface area contributed by atoms with Crippen LogP contribution in [-0.4, -0.2) is 24.5 Å². The minimum Gasteiger partial charge on any atom is -0.478 e. The Balaban J connectivity index is 1.79. The van der Waals surface area contributed by atoms with Crippen molar-refractivity contribution in [2.45, 2.75) is 24.7 Å². The van der Waals surface area contributed by atoms with Crippen LogP contribution in [0.5, 0.6) is 0 Å². The third-order valence-electron chi connectivity index (χ3n) is 4.01. The minimum atomic E-state index is -3.84. The van der Waals surface area contributed by atoms with Gasteiger partial charge in [-0.2, -0.15) is 0 Å². The number of aromatic carboxylic acids is 1. The number of nitrogens with one attached hydrogen (secondary N) is 1. The van der Waals surface area contributed by atoms with E-state index in [4.69, 9.17) is 5.11 Å². The predicted octanol–water partition coefficient (Wildman–Crippen LogP) is 4.43. The Kier molecular flexibility index (Phi) is 5.29. The van der Waals surface area contributed by atoms with E-state index in [1.807, 2.05) is 24.3 Å². The molecule has 0 radical (unpaired) electrons. The summed E-state index contributed by atoms with van der Waals surface area (Å²) in [5, 5.41) is 10.9. The molecule has 3 rings (SSSR count). The molecule has 27 heavy (non-hydrogen) atoms. The maximum Gasteiger partial charge on any atom is 0.335 e. The minimum absolute atomic E-state index is 0.0227. The lowest BCUT2D eigenvalue weighted by molar-refractivity contribution is 0.0696. The zero-order chi connectivity index (χ0) is 19.6. The van der Waals surface area contributed by atoms with Gasteiger partial charge in [0.1, 0.15) is 0 Å². The number of carbonyl (C=O) groups is 1. The summed E-state index contributed by atoms with van der Waals surface area (Å²) in [5.74, 6) is -0.677. The summed E-state index contributed by atoms with van der Waals surface area (Å²) in [7, 11) is -3.84. The van der Waals surface area contributed by atoms with Gasteiger partial charge < -0.3 is 5.11 Å². The van der Waals surface area contributed by atoms with Crippen LogP contribution in [-0.2, 0) is 10.0 Å². The molecule has 3 aromatic rings. The van der Waals surface area contributed by atoms with Crippen LogP contribution >= 0.6 is 11.3 Å². The van der Waals surface area contributed by atoms with Crippen LogP contribution < -0.4 is 4.72 Å². The van der Waals surface area contributed by atoms with E-state index in [9.17, 15) is 13.2 Å². The molecule has 0 amide bonds. The van der Waals surface area contributed by atoms with E-state index >= 15 is 0 Å². The van der Waals surface area contributed by atoms with E-state index in [-0.39, 0.29) is 15.6 Å². The Morgan fingerprint density at radius 2 is 1.70 bits per heavy atom. The Morgan fingerprint density at radius 3 is 2.26 bits per heavy atom. The van der Waals surface area contributed by atoms with Crippen LogP contribution in [0.15, 0.2) is 58.8 Å². The van der Waals surface area contributed by atoms with Crippen LogP contribution in [0.2, 0.25) is 0 Å². The molecule has 0 spiro atoms. The van der Waals surface area contributed by atoms with E-state index in [2.05, 4.69) is 23.6 Å². The number of anilines is 1. The lowest BCUT2D eigenvalue weighted by atomic mass is 10.0. The molecule has 0 aliphatic heterocycles. The SMILES string of the molecule is CC(C)c1ccc(-c2csc(NS(=O)(=O)c3ccc(C(=O)O)cc3)n2)cc1. The summed E-state index contributed by atoms with van der Waals surface area (Å²) >= 11 is 1.19. The van der Waals surface area contributed by atoms with Crippen molar-refractivity contribution in [2.75, 3.05) is 4.72 Å². The second-order valence-electron chi connectivity index (χ2n) is 6.25. The van der Waals surface area contributed by atoms with Gasteiger partial charge in [-0.3, -0.25) is 4.72 Å². The van der Waals surface area contributed by atoms with E-state index in [1.165, 1.54) is 41.2 Å². The summed E-state index contributed by atoms with van der Waals surface area (Å²) < 4.78 is 27.3. The molecule has 0 aliphatic rings. The monoisotopic (exact) mass is 402 g/mol. The van der Waals surface area contributed by atoms with E-state index in [0.717, 1.165) is 5.56 Å². The number of nitrogens with zero attached hydrogens (tertiary/aromatic N) is 1. The first-order chi connectivity index (χ1) is 12.8. The third-order valence-corrected chi connectivity index (χ3v) is 6.25. The second kappa shape index (κ2) is 7.50. The standard InChI is InChI=1S/C19H18N2O4S2/c1-12(2)13-3-5-14(6-4-13)17-11-26-19(20-17)21-27(24,25)16-9-7-15(8-10-16)18(22)23/h3-12H,1-2H3,(H,20,21)(H,22,23). The fourth-order valence-electron chi connectivity index (χ4n) is 2.44. The van der Waals surface area contributed by atoms with E-state index in [1.54, 1.807) is 5.38 Å². The number of hydrogen-bond donors (Lipinski definition) is 2. The first kappa shape index (κ1) is 19.1. The van der Waals surface area contributed by atoms with Crippen molar-refractivity contribution in [3.8, 4) is 11.3 Å². The summed E-state index contributed by atoms with van der Waals surface area (Å²) in [6.45, 7) is 4.24. The normalized spacial score (nSPS) is 11.5. The molecule has 2 N–H and O–H groups in total. The lowest BCUT2D eigenvalue weighted by Crippen LogP contribution is -2.13. The van der Waals surface area contributed by atoms with Gasteiger partial charge in [-0.25, -0.2) is 18.2 Å². The molecule has 0 saturated heterocycles. The molecule has 1 heterocycles. The molecule has 0 atom stereocenters. The number of hydrogen-bond acceptors (Lipinski definition) is 5. The van der Waals surface area contributed by atoms with Crippen LogP contribution in [0.25, 0.3) is 11.3 Å². The van der Waals surface area contributed by atoms with Crippen LogP contribution in [0.3, 0.4) is 0 Å². The van der Waals surface area contributed by atoms with Crippen molar-refractivity contribution in [1.82, 2.24) is 4.98 Å². The second-order valence-corrected chi connectivity index (χ2v) is 8.79. The molecular weight excluding hydrogens is 384 g/mol. The summed E-state index contributed by atoms with van der Waals surface area (Å²) in [4.78, 5) is 15.2. The molecular formula is C19H18N2O4S2. The molecule has 6 nitrogen and oxygen atoms in total. The van der Waals surface area contributed by atoms with Gasteiger partial charge in [-0.1, -0.05) is 38.1 Å². The lowest BCUT2D eigenvalue weighted by Gasteiger charge is -2.06. The zero-order valence-electron chi connectivity index (χ0n) is 14.7. The van der Waals surface area contributed by atoms with Crippen molar-refractivity contribution in [1.29, 1.82) is 0 Å². The molecule has 0 saturated carbocycles. The number of sulfonamides is 1. The average molecular weight is 402 g/mol. The summed E-state index contributed by atoms with van der Waals surface area (Å²) in [6, 6.07) is 13.0. The van der Waals surface area contributed by atoms with Gasteiger partial charge in [0, 0.05) is 10.9 Å². The smallest absolute Gasteiger partial charge is 0.335 e. The molecule has 140 valence electrons. The highest BCUT2D eigenvalue weighted by molar-refractivity contribution is 7.93.